The Morgan fingerprint density at radius 1 is 1.16 bits per heavy atom. The summed E-state index contributed by atoms with van der Waals surface area (Å²) in [4.78, 5) is 18.0. The van der Waals surface area contributed by atoms with Gasteiger partial charge in [0.2, 0.25) is 0 Å². The van der Waals surface area contributed by atoms with Crippen LogP contribution < -0.4 is 15.0 Å². The van der Waals surface area contributed by atoms with Crippen molar-refractivity contribution in [1.29, 1.82) is 0 Å². The van der Waals surface area contributed by atoms with E-state index in [-0.39, 0.29) is 18.0 Å². The molecule has 0 saturated heterocycles. The molecule has 6 nitrogen and oxygen atoms in total. The maximum Gasteiger partial charge on any atom is 0.282 e. The smallest absolute Gasteiger partial charge is 0.282 e. The second kappa shape index (κ2) is 12.0. The highest BCUT2D eigenvalue weighted by Crippen LogP contribution is 2.34. The van der Waals surface area contributed by atoms with E-state index >= 15 is 0 Å². The molecule has 0 N–H and O–H groups in total. The maximum absolute atomic E-state index is 13.3. The van der Waals surface area contributed by atoms with Gasteiger partial charge in [-0.15, -0.1) is 6.58 Å². The van der Waals surface area contributed by atoms with Crippen molar-refractivity contribution >= 4 is 33.0 Å². The molecule has 0 fully saturated rings. The van der Waals surface area contributed by atoms with E-state index in [1.54, 1.807) is 43.7 Å². The van der Waals surface area contributed by atoms with E-state index in [4.69, 9.17) is 9.47 Å². The Labute approximate surface area is 223 Å². The lowest BCUT2D eigenvalue weighted by Crippen LogP contribution is -2.22. The van der Waals surface area contributed by atoms with Gasteiger partial charge in [-0.05, 0) is 66.4 Å². The first-order chi connectivity index (χ1) is 17.9. The minimum atomic E-state index is -0.298. The number of allylic oxidation sites excluding steroid dienone is 1. The van der Waals surface area contributed by atoms with Crippen molar-refractivity contribution < 1.29 is 13.9 Å². The molecule has 0 bridgehead atoms. The summed E-state index contributed by atoms with van der Waals surface area (Å²) in [7, 11) is 1.56. The molecule has 0 spiro atoms. The molecule has 1 heterocycles. The summed E-state index contributed by atoms with van der Waals surface area (Å²) in [5, 5.41) is 5.01. The number of aryl methyl sites for hydroxylation is 1. The Morgan fingerprint density at radius 3 is 2.65 bits per heavy atom. The molecule has 4 aromatic rings. The van der Waals surface area contributed by atoms with Gasteiger partial charge in [-0.3, -0.25) is 4.79 Å². The van der Waals surface area contributed by atoms with E-state index in [0.29, 0.717) is 41.1 Å². The number of hydrogen-bond acceptors (Lipinski definition) is 5. The van der Waals surface area contributed by atoms with Crippen LogP contribution in [-0.4, -0.2) is 23.0 Å². The number of rotatable bonds is 10. The van der Waals surface area contributed by atoms with Crippen LogP contribution in [0.3, 0.4) is 0 Å². The Bertz CT molecular complexity index is 1510. The predicted molar refractivity (Wildman–Crippen MR) is 148 cm³/mol. The average Bonchev–Trinajstić information content (AvgIpc) is 2.89. The van der Waals surface area contributed by atoms with E-state index in [1.165, 1.54) is 16.8 Å². The van der Waals surface area contributed by atoms with Crippen LogP contribution in [0, 0.1) is 5.82 Å². The van der Waals surface area contributed by atoms with Crippen LogP contribution in [0.15, 0.2) is 81.6 Å². The van der Waals surface area contributed by atoms with Crippen LogP contribution in [-0.2, 0) is 19.4 Å². The van der Waals surface area contributed by atoms with Gasteiger partial charge >= 0.3 is 0 Å². The topological polar surface area (TPSA) is 65.7 Å². The Hall–Kier alpha value is -3.78. The lowest BCUT2D eigenvalue weighted by molar-refractivity contribution is 0.282. The van der Waals surface area contributed by atoms with Crippen LogP contribution in [0.1, 0.15) is 35.9 Å². The molecule has 3 aromatic carbocycles. The fraction of sp³-hybridized carbons (Fsp3) is 0.207. The van der Waals surface area contributed by atoms with Crippen LogP contribution in [0.5, 0.6) is 11.5 Å². The van der Waals surface area contributed by atoms with Gasteiger partial charge in [0, 0.05) is 16.5 Å². The summed E-state index contributed by atoms with van der Waals surface area (Å²) in [6.07, 6.45) is 5.35. The van der Waals surface area contributed by atoms with E-state index < -0.39 is 0 Å². The van der Waals surface area contributed by atoms with Gasteiger partial charge in [0.1, 0.15) is 18.2 Å². The third kappa shape index (κ3) is 6.14. The number of halogens is 2. The zero-order valence-corrected chi connectivity index (χ0v) is 22.3. The molecule has 190 valence electrons. The summed E-state index contributed by atoms with van der Waals surface area (Å²) >= 11 is 3.43. The van der Waals surface area contributed by atoms with E-state index in [0.717, 1.165) is 27.6 Å². The third-order valence-electron chi connectivity index (χ3n) is 5.71. The number of hydrogen-bond donors (Lipinski definition) is 0. The minimum absolute atomic E-state index is 0.233. The fourth-order valence-electron chi connectivity index (χ4n) is 3.94. The number of aromatic nitrogens is 2. The first kappa shape index (κ1) is 26.3. The van der Waals surface area contributed by atoms with Crippen molar-refractivity contribution in [3.05, 3.63) is 110 Å². The number of methoxy groups -OCH3 is 1. The van der Waals surface area contributed by atoms with Gasteiger partial charge < -0.3 is 9.47 Å². The van der Waals surface area contributed by atoms with Gasteiger partial charge in [0.15, 0.2) is 11.5 Å². The van der Waals surface area contributed by atoms with Gasteiger partial charge in [-0.2, -0.15) is 9.78 Å². The molecule has 0 aliphatic rings. The van der Waals surface area contributed by atoms with Crippen LogP contribution in [0.25, 0.3) is 10.9 Å². The number of fused-ring (bicyclic) bond motifs is 1. The molecule has 37 heavy (non-hydrogen) atoms. The largest absolute Gasteiger partial charge is 0.493 e. The molecule has 0 aliphatic carbocycles. The van der Waals surface area contributed by atoms with Gasteiger partial charge in [0.25, 0.3) is 5.56 Å². The van der Waals surface area contributed by atoms with Crippen LogP contribution in [0.2, 0.25) is 0 Å². The number of benzene rings is 3. The molecule has 0 saturated carbocycles. The van der Waals surface area contributed by atoms with Crippen LogP contribution >= 0.6 is 15.9 Å². The summed E-state index contributed by atoms with van der Waals surface area (Å²) in [6, 6.07) is 15.3. The highest BCUT2D eigenvalue weighted by molar-refractivity contribution is 9.10. The Morgan fingerprint density at radius 2 is 1.95 bits per heavy atom. The molecule has 1 aromatic heterocycles. The first-order valence-electron chi connectivity index (χ1n) is 11.9. The minimum Gasteiger partial charge on any atom is -0.493 e. The molecule has 0 aliphatic heterocycles. The third-order valence-corrected chi connectivity index (χ3v) is 6.20. The van der Waals surface area contributed by atoms with Crippen molar-refractivity contribution in [3.63, 3.8) is 0 Å². The zero-order valence-electron chi connectivity index (χ0n) is 20.7. The maximum atomic E-state index is 13.3. The molecular formula is C29H27BrFN3O3. The Balaban J connectivity index is 1.72. The van der Waals surface area contributed by atoms with Crippen molar-refractivity contribution in [2.45, 2.75) is 32.8 Å². The van der Waals surface area contributed by atoms with Gasteiger partial charge in [-0.1, -0.05) is 41.1 Å². The normalized spacial score (nSPS) is 11.2. The molecule has 0 unspecified atom stereocenters. The lowest BCUT2D eigenvalue weighted by atomic mass is 10.1. The summed E-state index contributed by atoms with van der Waals surface area (Å²) in [5.74, 6) is 1.39. The molecule has 0 amide bonds. The number of nitrogens with zero attached hydrogens (tertiary/aromatic N) is 3. The quantitative estimate of drug-likeness (QED) is 0.164. The lowest BCUT2D eigenvalue weighted by Gasteiger charge is -2.16. The average molecular weight is 564 g/mol. The summed E-state index contributed by atoms with van der Waals surface area (Å²) in [5.41, 5.74) is 2.81. The molecule has 0 atom stereocenters. The predicted octanol–water partition coefficient (Wildman–Crippen LogP) is 6.45. The molecule has 0 radical (unpaired) electrons. The molecule has 8 heteroatoms. The highest BCUT2D eigenvalue weighted by Gasteiger charge is 2.14. The fourth-order valence-corrected chi connectivity index (χ4v) is 4.30. The monoisotopic (exact) mass is 563 g/mol. The van der Waals surface area contributed by atoms with Crippen molar-refractivity contribution in [2.75, 3.05) is 7.11 Å². The summed E-state index contributed by atoms with van der Waals surface area (Å²) < 4.78 is 27.1. The summed E-state index contributed by atoms with van der Waals surface area (Å²) in [6.45, 7) is 6.14. The van der Waals surface area contributed by atoms with Crippen molar-refractivity contribution in [1.82, 2.24) is 9.66 Å². The SMILES string of the molecule is C=CCc1cc(C=Nn2c(CCC)nc3ccc(Br)cc3c2=O)cc(OC)c1OCc1ccc(F)cc1. The standard InChI is InChI=1S/C29H27BrFN3O3/c1-4-6-21-14-20(15-26(36-3)28(21)37-18-19-8-11-23(31)12-9-19)17-32-34-27(7-5-2)33-25-13-10-22(30)16-24(25)29(34)35/h4,8-17H,1,5-7,18H2,2-3H3. The molecule has 4 rings (SSSR count). The Kier molecular flexibility index (Phi) is 8.50. The second-order valence-electron chi connectivity index (χ2n) is 8.42. The van der Waals surface area contributed by atoms with E-state index in [1.807, 2.05) is 25.1 Å². The second-order valence-corrected chi connectivity index (χ2v) is 9.34. The van der Waals surface area contributed by atoms with E-state index in [9.17, 15) is 9.18 Å². The van der Waals surface area contributed by atoms with Crippen molar-refractivity contribution in [2.24, 2.45) is 5.10 Å². The van der Waals surface area contributed by atoms with Gasteiger partial charge in [-0.25, -0.2) is 9.37 Å². The highest BCUT2D eigenvalue weighted by atomic mass is 79.9. The molecular weight excluding hydrogens is 537 g/mol. The zero-order chi connectivity index (χ0) is 26.4. The van der Waals surface area contributed by atoms with Crippen LogP contribution in [0.4, 0.5) is 4.39 Å². The van der Waals surface area contributed by atoms with Crippen molar-refractivity contribution in [3.8, 4) is 11.5 Å². The van der Waals surface area contributed by atoms with E-state index in [2.05, 4.69) is 32.6 Å². The first-order valence-corrected chi connectivity index (χ1v) is 12.7. The number of ether oxygens (including phenoxy) is 2. The van der Waals surface area contributed by atoms with Gasteiger partial charge in [0.05, 0.1) is 24.2 Å².